The first kappa shape index (κ1) is 15.6. The SMILES string of the molecule is C[C@@H](c1ccc2ncccc2c1)c1nnc2ccc(-c3cnn(C)c3)nn12. The second-order valence-corrected chi connectivity index (χ2v) is 6.63. The number of benzene rings is 1. The maximum atomic E-state index is 4.75. The number of aromatic nitrogens is 7. The summed E-state index contributed by atoms with van der Waals surface area (Å²) < 4.78 is 3.58. The Morgan fingerprint density at radius 1 is 1.04 bits per heavy atom. The average molecular weight is 355 g/mol. The molecule has 1 aromatic carbocycles. The maximum absolute atomic E-state index is 4.75. The molecule has 0 spiro atoms. The molecule has 0 amide bonds. The molecule has 132 valence electrons. The fraction of sp³-hybridized carbons (Fsp3) is 0.150. The molecule has 0 aliphatic carbocycles. The van der Waals surface area contributed by atoms with Crippen LogP contribution in [-0.2, 0) is 7.05 Å². The van der Waals surface area contributed by atoms with Crippen molar-refractivity contribution >= 4 is 16.6 Å². The Labute approximate surface area is 155 Å². The van der Waals surface area contributed by atoms with Gasteiger partial charge in [0.25, 0.3) is 0 Å². The zero-order chi connectivity index (χ0) is 18.4. The van der Waals surface area contributed by atoms with Crippen molar-refractivity contribution in [2.45, 2.75) is 12.8 Å². The van der Waals surface area contributed by atoms with Crippen LogP contribution in [0.1, 0.15) is 24.2 Å². The minimum atomic E-state index is 0.0428. The van der Waals surface area contributed by atoms with Gasteiger partial charge in [0.1, 0.15) is 0 Å². The van der Waals surface area contributed by atoms with Crippen molar-refractivity contribution in [2.24, 2.45) is 7.05 Å². The van der Waals surface area contributed by atoms with Gasteiger partial charge < -0.3 is 0 Å². The van der Waals surface area contributed by atoms with Gasteiger partial charge in [0.2, 0.25) is 0 Å². The monoisotopic (exact) mass is 355 g/mol. The van der Waals surface area contributed by atoms with E-state index in [1.165, 1.54) is 0 Å². The van der Waals surface area contributed by atoms with Gasteiger partial charge in [-0.1, -0.05) is 19.1 Å². The third kappa shape index (κ3) is 2.64. The van der Waals surface area contributed by atoms with Crippen LogP contribution in [0.15, 0.2) is 61.1 Å². The standard InChI is InChI=1S/C20H17N7/c1-13(14-5-6-17-15(10-14)4-3-9-21-17)20-24-23-19-8-7-18(25-27(19)20)16-11-22-26(2)12-16/h3-13H,1-2H3/t13-/m0/s1. The van der Waals surface area contributed by atoms with Crippen LogP contribution < -0.4 is 0 Å². The van der Waals surface area contributed by atoms with Crippen molar-refractivity contribution in [3.8, 4) is 11.3 Å². The summed E-state index contributed by atoms with van der Waals surface area (Å²) in [5.41, 5.74) is 4.66. The fourth-order valence-electron chi connectivity index (χ4n) is 3.30. The number of hydrogen-bond donors (Lipinski definition) is 0. The Balaban J connectivity index is 1.60. The third-order valence-electron chi connectivity index (χ3n) is 4.80. The number of aryl methyl sites for hydroxylation is 1. The van der Waals surface area contributed by atoms with Crippen molar-refractivity contribution in [2.75, 3.05) is 0 Å². The van der Waals surface area contributed by atoms with Crippen LogP contribution in [0.3, 0.4) is 0 Å². The summed E-state index contributed by atoms with van der Waals surface area (Å²) >= 11 is 0. The van der Waals surface area contributed by atoms with Crippen LogP contribution in [0.25, 0.3) is 27.8 Å². The van der Waals surface area contributed by atoms with Gasteiger partial charge in [0.05, 0.1) is 17.4 Å². The molecule has 5 aromatic rings. The molecule has 0 unspecified atom stereocenters. The second kappa shape index (κ2) is 5.98. The van der Waals surface area contributed by atoms with Crippen molar-refractivity contribution in [1.82, 2.24) is 34.6 Å². The highest BCUT2D eigenvalue weighted by molar-refractivity contribution is 5.79. The molecule has 1 atom stereocenters. The predicted molar refractivity (Wildman–Crippen MR) is 102 cm³/mol. The maximum Gasteiger partial charge on any atom is 0.177 e. The fourth-order valence-corrected chi connectivity index (χ4v) is 3.30. The highest BCUT2D eigenvalue weighted by Crippen LogP contribution is 2.26. The molecule has 4 heterocycles. The lowest BCUT2D eigenvalue weighted by Crippen LogP contribution is -2.05. The molecular weight excluding hydrogens is 338 g/mol. The highest BCUT2D eigenvalue weighted by atomic mass is 15.4. The van der Waals surface area contributed by atoms with E-state index in [1.54, 1.807) is 17.1 Å². The van der Waals surface area contributed by atoms with Gasteiger partial charge in [-0.05, 0) is 35.9 Å². The molecule has 0 aliphatic rings. The first-order valence-corrected chi connectivity index (χ1v) is 8.75. The smallest absolute Gasteiger partial charge is 0.177 e. The van der Waals surface area contributed by atoms with Gasteiger partial charge in [-0.25, -0.2) is 0 Å². The summed E-state index contributed by atoms with van der Waals surface area (Å²) in [6.07, 6.45) is 5.55. The molecule has 5 rings (SSSR count). The lowest BCUT2D eigenvalue weighted by atomic mass is 9.98. The van der Waals surface area contributed by atoms with E-state index in [1.807, 2.05) is 42.0 Å². The first-order chi connectivity index (χ1) is 13.2. The quantitative estimate of drug-likeness (QED) is 0.497. The van der Waals surface area contributed by atoms with E-state index in [0.29, 0.717) is 0 Å². The summed E-state index contributed by atoms with van der Waals surface area (Å²) in [5.74, 6) is 0.847. The van der Waals surface area contributed by atoms with Crippen molar-refractivity contribution in [3.63, 3.8) is 0 Å². The minimum absolute atomic E-state index is 0.0428. The largest absolute Gasteiger partial charge is 0.275 e. The van der Waals surface area contributed by atoms with E-state index in [0.717, 1.165) is 39.2 Å². The zero-order valence-electron chi connectivity index (χ0n) is 15.0. The molecule has 0 aliphatic heterocycles. The third-order valence-corrected chi connectivity index (χ3v) is 4.80. The van der Waals surface area contributed by atoms with Crippen molar-refractivity contribution in [3.05, 3.63) is 72.4 Å². The average Bonchev–Trinajstić information content (AvgIpc) is 3.32. The van der Waals surface area contributed by atoms with Gasteiger partial charge in [-0.15, -0.1) is 10.2 Å². The number of rotatable bonds is 3. The second-order valence-electron chi connectivity index (χ2n) is 6.63. The van der Waals surface area contributed by atoms with Gasteiger partial charge in [-0.3, -0.25) is 9.67 Å². The first-order valence-electron chi connectivity index (χ1n) is 8.75. The number of fused-ring (bicyclic) bond motifs is 2. The minimum Gasteiger partial charge on any atom is -0.275 e. The van der Waals surface area contributed by atoms with E-state index in [9.17, 15) is 0 Å². The Morgan fingerprint density at radius 2 is 1.96 bits per heavy atom. The topological polar surface area (TPSA) is 73.8 Å². The Bertz CT molecular complexity index is 1270. The van der Waals surface area contributed by atoms with Crippen LogP contribution in [0.5, 0.6) is 0 Å². The molecule has 0 saturated heterocycles. The normalized spacial score (nSPS) is 12.7. The van der Waals surface area contributed by atoms with Gasteiger partial charge in [0.15, 0.2) is 11.5 Å². The summed E-state index contributed by atoms with van der Waals surface area (Å²) in [6.45, 7) is 2.12. The summed E-state index contributed by atoms with van der Waals surface area (Å²) in [6, 6.07) is 14.2. The van der Waals surface area contributed by atoms with Crippen LogP contribution in [-0.4, -0.2) is 34.6 Å². The van der Waals surface area contributed by atoms with Crippen LogP contribution in [0.4, 0.5) is 0 Å². The van der Waals surface area contributed by atoms with Gasteiger partial charge >= 0.3 is 0 Å². The Kier molecular flexibility index (Phi) is 3.46. The Morgan fingerprint density at radius 3 is 2.81 bits per heavy atom. The van der Waals surface area contributed by atoms with E-state index >= 15 is 0 Å². The summed E-state index contributed by atoms with van der Waals surface area (Å²) in [4.78, 5) is 4.39. The molecule has 27 heavy (non-hydrogen) atoms. The highest BCUT2D eigenvalue weighted by Gasteiger charge is 2.18. The van der Waals surface area contributed by atoms with Crippen LogP contribution in [0.2, 0.25) is 0 Å². The molecule has 0 N–H and O–H groups in total. The van der Waals surface area contributed by atoms with E-state index in [-0.39, 0.29) is 5.92 Å². The zero-order valence-corrected chi connectivity index (χ0v) is 15.0. The van der Waals surface area contributed by atoms with Gasteiger partial charge in [0, 0.05) is 36.3 Å². The molecule has 7 heteroatoms. The van der Waals surface area contributed by atoms with Crippen LogP contribution >= 0.6 is 0 Å². The summed E-state index contributed by atoms with van der Waals surface area (Å²) in [7, 11) is 1.89. The van der Waals surface area contributed by atoms with E-state index < -0.39 is 0 Å². The molecule has 0 bridgehead atoms. The van der Waals surface area contributed by atoms with Crippen molar-refractivity contribution in [1.29, 1.82) is 0 Å². The Hall–Kier alpha value is -3.61. The summed E-state index contributed by atoms with van der Waals surface area (Å²) in [5, 5.41) is 18.8. The number of pyridine rings is 1. The number of hydrogen-bond acceptors (Lipinski definition) is 5. The lowest BCUT2D eigenvalue weighted by molar-refractivity contribution is 0.753. The molecule has 0 fully saturated rings. The van der Waals surface area contributed by atoms with Crippen LogP contribution in [0, 0.1) is 0 Å². The lowest BCUT2D eigenvalue weighted by Gasteiger charge is -2.11. The molecule has 7 nitrogen and oxygen atoms in total. The number of nitrogens with zero attached hydrogens (tertiary/aromatic N) is 7. The van der Waals surface area contributed by atoms with Gasteiger partial charge in [-0.2, -0.15) is 14.7 Å². The predicted octanol–water partition coefficient (Wildman–Crippen LogP) is 3.22. The van der Waals surface area contributed by atoms with E-state index in [4.69, 9.17) is 5.10 Å². The van der Waals surface area contributed by atoms with E-state index in [2.05, 4.69) is 45.4 Å². The van der Waals surface area contributed by atoms with Crippen molar-refractivity contribution < 1.29 is 0 Å². The molecule has 0 radical (unpaired) electrons. The molecule has 0 saturated carbocycles. The molecule has 4 aromatic heterocycles. The molecular formula is C20H17N7.